The molecule has 0 fully saturated rings. The predicted molar refractivity (Wildman–Crippen MR) is 123 cm³/mol. The van der Waals surface area contributed by atoms with E-state index in [1.165, 1.54) is 23.9 Å². The van der Waals surface area contributed by atoms with Gasteiger partial charge >= 0.3 is 6.61 Å². The number of nitrogens with one attached hydrogen (secondary N) is 1. The minimum atomic E-state index is -2.86. The van der Waals surface area contributed by atoms with Gasteiger partial charge in [0, 0.05) is 26.8 Å². The van der Waals surface area contributed by atoms with Crippen molar-refractivity contribution >= 4 is 28.6 Å². The summed E-state index contributed by atoms with van der Waals surface area (Å²) < 4.78 is 35.4. The molecular weight excluding hydrogens is 452 g/mol. The van der Waals surface area contributed by atoms with Crippen LogP contribution in [-0.2, 0) is 22.5 Å². The first-order chi connectivity index (χ1) is 16.0. The molecule has 0 saturated heterocycles. The minimum absolute atomic E-state index is 0.0913. The number of halogens is 2. The van der Waals surface area contributed by atoms with E-state index >= 15 is 0 Å². The molecule has 0 aliphatic rings. The highest BCUT2D eigenvalue weighted by atomic mass is 32.2. The molecule has 33 heavy (non-hydrogen) atoms. The van der Waals surface area contributed by atoms with E-state index in [2.05, 4.69) is 15.0 Å². The number of ether oxygens (including phenoxy) is 2. The molecule has 10 heteroatoms. The van der Waals surface area contributed by atoms with Gasteiger partial charge in [-0.3, -0.25) is 14.2 Å². The SMILES string of the molecule is COCCCn1c(SCC(=O)NCCc2ccc(OC(F)F)cc2)nc2ccccc2c1=O. The summed E-state index contributed by atoms with van der Waals surface area (Å²) in [7, 11) is 1.60. The molecule has 0 bridgehead atoms. The number of methoxy groups -OCH3 is 1. The average molecular weight is 478 g/mol. The molecule has 0 aliphatic heterocycles. The van der Waals surface area contributed by atoms with E-state index in [9.17, 15) is 18.4 Å². The highest BCUT2D eigenvalue weighted by Gasteiger charge is 2.13. The van der Waals surface area contributed by atoms with Crippen molar-refractivity contribution in [3.8, 4) is 5.75 Å². The lowest BCUT2D eigenvalue weighted by Crippen LogP contribution is -2.28. The Labute approximate surface area is 194 Å². The molecule has 1 heterocycles. The van der Waals surface area contributed by atoms with E-state index < -0.39 is 6.61 Å². The lowest BCUT2D eigenvalue weighted by Gasteiger charge is -2.13. The fourth-order valence-electron chi connectivity index (χ4n) is 3.19. The van der Waals surface area contributed by atoms with Crippen LogP contribution in [0.1, 0.15) is 12.0 Å². The molecule has 1 amide bonds. The number of hydrogen-bond acceptors (Lipinski definition) is 6. The molecule has 1 aromatic heterocycles. The van der Waals surface area contributed by atoms with Gasteiger partial charge in [-0.2, -0.15) is 8.78 Å². The maximum atomic E-state index is 12.9. The molecule has 176 valence electrons. The molecule has 0 radical (unpaired) electrons. The van der Waals surface area contributed by atoms with Gasteiger partial charge in [0.25, 0.3) is 5.56 Å². The molecule has 2 aromatic carbocycles. The maximum Gasteiger partial charge on any atom is 0.387 e. The van der Waals surface area contributed by atoms with Gasteiger partial charge < -0.3 is 14.8 Å². The van der Waals surface area contributed by atoms with Crippen LogP contribution in [0.5, 0.6) is 5.75 Å². The van der Waals surface area contributed by atoms with Crippen LogP contribution in [0, 0.1) is 0 Å². The van der Waals surface area contributed by atoms with Crippen LogP contribution in [0.3, 0.4) is 0 Å². The molecule has 0 spiro atoms. The standard InChI is InChI=1S/C23H25F2N3O4S/c1-31-14-4-13-28-21(30)18-5-2-3-6-19(18)27-23(28)33-15-20(29)26-12-11-16-7-9-17(10-8-16)32-22(24)25/h2-3,5-10,22H,4,11-15H2,1H3,(H,26,29). The smallest absolute Gasteiger partial charge is 0.387 e. The second-order valence-corrected chi connectivity index (χ2v) is 8.07. The number of amides is 1. The molecule has 0 atom stereocenters. The molecule has 0 aliphatic carbocycles. The van der Waals surface area contributed by atoms with Crippen LogP contribution in [0.25, 0.3) is 10.9 Å². The number of alkyl halides is 2. The summed E-state index contributed by atoms with van der Waals surface area (Å²) in [6.07, 6.45) is 1.19. The summed E-state index contributed by atoms with van der Waals surface area (Å²) in [5.74, 6) is 0.00748. The average Bonchev–Trinajstić information content (AvgIpc) is 2.80. The van der Waals surface area contributed by atoms with Crippen LogP contribution >= 0.6 is 11.8 Å². The van der Waals surface area contributed by atoms with E-state index in [0.717, 1.165) is 5.56 Å². The highest BCUT2D eigenvalue weighted by Crippen LogP contribution is 2.18. The molecule has 3 aromatic rings. The summed E-state index contributed by atoms with van der Waals surface area (Å²) in [6.45, 7) is -1.51. The Hall–Kier alpha value is -2.98. The normalized spacial score (nSPS) is 11.2. The van der Waals surface area contributed by atoms with Gasteiger partial charge in [-0.15, -0.1) is 0 Å². The predicted octanol–water partition coefficient (Wildman–Crippen LogP) is 3.49. The van der Waals surface area contributed by atoms with E-state index in [0.29, 0.717) is 48.6 Å². The van der Waals surface area contributed by atoms with Gasteiger partial charge in [-0.1, -0.05) is 36.0 Å². The van der Waals surface area contributed by atoms with Crippen molar-refractivity contribution in [1.82, 2.24) is 14.9 Å². The second-order valence-electron chi connectivity index (χ2n) is 7.13. The number of rotatable bonds is 12. The maximum absolute atomic E-state index is 12.9. The van der Waals surface area contributed by atoms with Crippen molar-refractivity contribution in [2.24, 2.45) is 0 Å². The van der Waals surface area contributed by atoms with Gasteiger partial charge in [-0.25, -0.2) is 4.98 Å². The van der Waals surface area contributed by atoms with Crippen LogP contribution in [-0.4, -0.2) is 48.1 Å². The number of benzene rings is 2. The number of nitrogens with zero attached hydrogens (tertiary/aromatic N) is 2. The van der Waals surface area contributed by atoms with E-state index in [1.807, 2.05) is 6.07 Å². The quantitative estimate of drug-likeness (QED) is 0.244. The molecule has 0 unspecified atom stereocenters. The van der Waals surface area contributed by atoms with E-state index in [-0.39, 0.29) is 23.0 Å². The van der Waals surface area contributed by atoms with Crippen molar-refractivity contribution in [1.29, 1.82) is 0 Å². The zero-order chi connectivity index (χ0) is 23.6. The Morgan fingerprint density at radius 1 is 1.18 bits per heavy atom. The zero-order valence-electron chi connectivity index (χ0n) is 18.1. The van der Waals surface area contributed by atoms with E-state index in [4.69, 9.17) is 4.74 Å². The summed E-state index contributed by atoms with van der Waals surface area (Å²) in [4.78, 5) is 29.8. The molecule has 3 rings (SSSR count). The number of carbonyl (C=O) groups is 1. The van der Waals surface area contributed by atoms with Gasteiger partial charge in [0.2, 0.25) is 5.91 Å². The Balaban J connectivity index is 1.57. The van der Waals surface area contributed by atoms with Crippen LogP contribution in [0.4, 0.5) is 8.78 Å². The van der Waals surface area contributed by atoms with Gasteiger partial charge in [-0.05, 0) is 42.7 Å². The minimum Gasteiger partial charge on any atom is -0.435 e. The molecular formula is C23H25F2N3O4S. The first-order valence-electron chi connectivity index (χ1n) is 10.4. The molecule has 0 saturated carbocycles. The zero-order valence-corrected chi connectivity index (χ0v) is 18.9. The number of hydrogen-bond donors (Lipinski definition) is 1. The largest absolute Gasteiger partial charge is 0.435 e. The number of carbonyl (C=O) groups excluding carboxylic acids is 1. The first-order valence-corrected chi connectivity index (χ1v) is 11.4. The molecule has 1 N–H and O–H groups in total. The van der Waals surface area contributed by atoms with Crippen molar-refractivity contribution in [2.45, 2.75) is 31.2 Å². The second kappa shape index (κ2) is 12.3. The fourth-order valence-corrected chi connectivity index (χ4v) is 4.04. The monoisotopic (exact) mass is 477 g/mol. The molecule has 7 nitrogen and oxygen atoms in total. The fraction of sp³-hybridized carbons (Fsp3) is 0.348. The summed E-state index contributed by atoms with van der Waals surface area (Å²) in [6, 6.07) is 13.4. The Morgan fingerprint density at radius 3 is 2.67 bits per heavy atom. The summed E-state index contributed by atoms with van der Waals surface area (Å²) in [5.41, 5.74) is 1.33. The Bertz CT molecular complexity index is 1120. The Kier molecular flexibility index (Phi) is 9.20. The first kappa shape index (κ1) is 24.7. The van der Waals surface area contributed by atoms with E-state index in [1.54, 1.807) is 42.0 Å². The lowest BCUT2D eigenvalue weighted by molar-refractivity contribution is -0.118. The Morgan fingerprint density at radius 2 is 1.94 bits per heavy atom. The third-order valence-corrected chi connectivity index (χ3v) is 5.75. The third-order valence-electron chi connectivity index (χ3n) is 4.77. The van der Waals surface area contributed by atoms with Crippen molar-refractivity contribution in [3.63, 3.8) is 0 Å². The highest BCUT2D eigenvalue weighted by molar-refractivity contribution is 7.99. The lowest BCUT2D eigenvalue weighted by atomic mass is 10.1. The number of thioether (sulfide) groups is 1. The van der Waals surface area contributed by atoms with Crippen molar-refractivity contribution in [2.75, 3.05) is 26.0 Å². The summed E-state index contributed by atoms with van der Waals surface area (Å²) in [5, 5.41) is 3.85. The third kappa shape index (κ3) is 7.26. The van der Waals surface area contributed by atoms with Gasteiger partial charge in [0.15, 0.2) is 5.16 Å². The van der Waals surface area contributed by atoms with Crippen LogP contribution < -0.4 is 15.6 Å². The topological polar surface area (TPSA) is 82.4 Å². The van der Waals surface area contributed by atoms with Crippen LogP contribution in [0.2, 0.25) is 0 Å². The van der Waals surface area contributed by atoms with Crippen molar-refractivity contribution in [3.05, 3.63) is 64.4 Å². The van der Waals surface area contributed by atoms with Crippen LogP contribution in [0.15, 0.2) is 58.5 Å². The van der Waals surface area contributed by atoms with Gasteiger partial charge in [0.05, 0.1) is 16.7 Å². The van der Waals surface area contributed by atoms with Gasteiger partial charge in [0.1, 0.15) is 5.75 Å². The number of aromatic nitrogens is 2. The summed E-state index contributed by atoms with van der Waals surface area (Å²) >= 11 is 1.21. The number of fused-ring (bicyclic) bond motifs is 1. The van der Waals surface area contributed by atoms with Crippen molar-refractivity contribution < 1.29 is 23.0 Å². The number of para-hydroxylation sites is 1.